The van der Waals surface area contributed by atoms with Crippen LogP contribution in [0.3, 0.4) is 0 Å². The van der Waals surface area contributed by atoms with Crippen LogP contribution < -0.4 is 10.6 Å². The van der Waals surface area contributed by atoms with Crippen molar-refractivity contribution in [3.8, 4) is 0 Å². The molecule has 2 aliphatic rings. The quantitative estimate of drug-likeness (QED) is 0.624. The molecule has 17 heavy (non-hydrogen) atoms. The van der Waals surface area contributed by atoms with Crippen LogP contribution in [0.4, 0.5) is 0 Å². The van der Waals surface area contributed by atoms with E-state index in [1.54, 1.807) is 0 Å². The van der Waals surface area contributed by atoms with Gasteiger partial charge in [-0.3, -0.25) is 4.79 Å². The van der Waals surface area contributed by atoms with Gasteiger partial charge >= 0.3 is 0 Å². The summed E-state index contributed by atoms with van der Waals surface area (Å²) in [5.74, 6) is 0.0137. The van der Waals surface area contributed by atoms with E-state index in [1.165, 1.54) is 0 Å². The molecule has 1 aliphatic carbocycles. The zero-order valence-electron chi connectivity index (χ0n) is 10.2. The van der Waals surface area contributed by atoms with Gasteiger partial charge in [-0.25, -0.2) is 0 Å². The first-order chi connectivity index (χ1) is 8.18. The molecule has 2 rings (SSSR count). The Morgan fingerprint density at radius 3 is 2.65 bits per heavy atom. The molecule has 0 bridgehead atoms. The van der Waals surface area contributed by atoms with Crippen LogP contribution >= 0.6 is 0 Å². The molecular formula is C12H22N2O3. The van der Waals surface area contributed by atoms with Crippen molar-refractivity contribution in [2.75, 3.05) is 26.3 Å². The lowest BCUT2D eigenvalue weighted by molar-refractivity contribution is -0.121. The third-order valence-corrected chi connectivity index (χ3v) is 3.61. The predicted octanol–water partition coefficient (Wildman–Crippen LogP) is -0.214. The number of aliphatic hydroxyl groups is 1. The molecule has 0 radical (unpaired) electrons. The van der Waals surface area contributed by atoms with Crippen LogP contribution in [0.15, 0.2) is 0 Å². The molecule has 1 amide bonds. The molecule has 5 heteroatoms. The van der Waals surface area contributed by atoms with Crippen molar-refractivity contribution < 1.29 is 14.6 Å². The summed E-state index contributed by atoms with van der Waals surface area (Å²) in [7, 11) is 0. The summed E-state index contributed by atoms with van der Waals surface area (Å²) in [6.45, 7) is 2.28. The SMILES string of the molecule is O=C(CNCC1(O)CCC1)NC1CCOCC1. The van der Waals surface area contributed by atoms with Crippen molar-refractivity contribution in [1.82, 2.24) is 10.6 Å². The monoisotopic (exact) mass is 242 g/mol. The van der Waals surface area contributed by atoms with Crippen molar-refractivity contribution >= 4 is 5.91 Å². The second kappa shape index (κ2) is 5.80. The number of nitrogens with one attached hydrogen (secondary N) is 2. The van der Waals surface area contributed by atoms with Gasteiger partial charge in [0.05, 0.1) is 12.1 Å². The summed E-state index contributed by atoms with van der Waals surface area (Å²) >= 11 is 0. The summed E-state index contributed by atoms with van der Waals surface area (Å²) in [6.07, 6.45) is 4.58. The molecule has 0 unspecified atom stereocenters. The topological polar surface area (TPSA) is 70.6 Å². The van der Waals surface area contributed by atoms with Crippen LogP contribution in [0.5, 0.6) is 0 Å². The van der Waals surface area contributed by atoms with Gasteiger partial charge in [0.1, 0.15) is 0 Å². The number of amides is 1. The number of carbonyl (C=O) groups is 1. The maximum absolute atomic E-state index is 11.6. The molecule has 2 fully saturated rings. The van der Waals surface area contributed by atoms with Gasteiger partial charge in [-0.05, 0) is 32.1 Å². The van der Waals surface area contributed by atoms with Crippen molar-refractivity contribution in [3.63, 3.8) is 0 Å². The van der Waals surface area contributed by atoms with E-state index in [9.17, 15) is 9.90 Å². The van der Waals surface area contributed by atoms with Gasteiger partial charge in [0.15, 0.2) is 0 Å². The third kappa shape index (κ3) is 3.94. The lowest BCUT2D eigenvalue weighted by Gasteiger charge is -2.36. The standard InChI is InChI=1S/C12H22N2O3/c15-11(14-10-2-6-17-7-3-10)8-13-9-12(16)4-1-5-12/h10,13,16H,1-9H2,(H,14,15). The highest BCUT2D eigenvalue weighted by Crippen LogP contribution is 2.30. The zero-order chi connectivity index (χ0) is 12.1. The second-order valence-electron chi connectivity index (χ2n) is 5.14. The third-order valence-electron chi connectivity index (χ3n) is 3.61. The smallest absolute Gasteiger partial charge is 0.234 e. The normalized spacial score (nSPS) is 24.1. The number of carbonyl (C=O) groups excluding carboxylic acids is 1. The van der Waals surface area contributed by atoms with Crippen LogP contribution in [0.2, 0.25) is 0 Å². The van der Waals surface area contributed by atoms with Crippen molar-refractivity contribution in [1.29, 1.82) is 0 Å². The van der Waals surface area contributed by atoms with E-state index in [0.717, 1.165) is 45.3 Å². The molecule has 0 atom stereocenters. The first-order valence-corrected chi connectivity index (χ1v) is 6.48. The number of ether oxygens (including phenoxy) is 1. The van der Waals surface area contributed by atoms with Gasteiger partial charge in [0, 0.05) is 25.8 Å². The highest BCUT2D eigenvalue weighted by Gasteiger charge is 2.33. The van der Waals surface area contributed by atoms with Crippen molar-refractivity contribution in [2.24, 2.45) is 0 Å². The molecule has 1 saturated carbocycles. The summed E-state index contributed by atoms with van der Waals surface area (Å²) in [5.41, 5.74) is -0.557. The van der Waals surface area contributed by atoms with Crippen LogP contribution in [-0.4, -0.2) is 49.0 Å². The Morgan fingerprint density at radius 1 is 1.35 bits per heavy atom. The van der Waals surface area contributed by atoms with E-state index in [0.29, 0.717) is 13.1 Å². The fourth-order valence-corrected chi connectivity index (χ4v) is 2.29. The lowest BCUT2D eigenvalue weighted by atomic mass is 9.80. The van der Waals surface area contributed by atoms with Gasteiger partial charge < -0.3 is 20.5 Å². The molecule has 3 N–H and O–H groups in total. The van der Waals surface area contributed by atoms with Gasteiger partial charge in [0.25, 0.3) is 0 Å². The molecule has 1 saturated heterocycles. The Bertz CT molecular complexity index is 260. The van der Waals surface area contributed by atoms with E-state index >= 15 is 0 Å². The van der Waals surface area contributed by atoms with Crippen LogP contribution in [0, 0.1) is 0 Å². The molecular weight excluding hydrogens is 220 g/mol. The minimum absolute atomic E-state index is 0.0137. The summed E-state index contributed by atoms with van der Waals surface area (Å²) in [5, 5.41) is 15.8. The van der Waals surface area contributed by atoms with Crippen LogP contribution in [0.1, 0.15) is 32.1 Å². The number of rotatable bonds is 5. The average Bonchev–Trinajstić information content (AvgIpc) is 2.28. The number of hydrogen-bond donors (Lipinski definition) is 3. The van der Waals surface area contributed by atoms with Crippen molar-refractivity contribution in [2.45, 2.75) is 43.7 Å². The summed E-state index contributed by atoms with van der Waals surface area (Å²) in [6, 6.07) is 0.254. The summed E-state index contributed by atoms with van der Waals surface area (Å²) in [4.78, 5) is 11.6. The van der Waals surface area contributed by atoms with Gasteiger partial charge in [-0.2, -0.15) is 0 Å². The Morgan fingerprint density at radius 2 is 2.06 bits per heavy atom. The highest BCUT2D eigenvalue weighted by molar-refractivity contribution is 5.78. The maximum Gasteiger partial charge on any atom is 0.234 e. The Hall–Kier alpha value is -0.650. The fraction of sp³-hybridized carbons (Fsp3) is 0.917. The van der Waals surface area contributed by atoms with E-state index in [2.05, 4.69) is 10.6 Å². The zero-order valence-corrected chi connectivity index (χ0v) is 10.2. The van der Waals surface area contributed by atoms with Crippen LogP contribution in [-0.2, 0) is 9.53 Å². The summed E-state index contributed by atoms with van der Waals surface area (Å²) < 4.78 is 5.23. The van der Waals surface area contributed by atoms with E-state index in [4.69, 9.17) is 4.74 Å². The molecule has 0 aromatic carbocycles. The highest BCUT2D eigenvalue weighted by atomic mass is 16.5. The largest absolute Gasteiger partial charge is 0.389 e. The van der Waals surface area contributed by atoms with E-state index in [1.807, 2.05) is 0 Å². The first kappa shape index (κ1) is 12.8. The van der Waals surface area contributed by atoms with Gasteiger partial charge in [-0.1, -0.05) is 0 Å². The number of hydrogen-bond acceptors (Lipinski definition) is 4. The average molecular weight is 242 g/mol. The minimum atomic E-state index is -0.557. The molecule has 1 aliphatic heterocycles. The molecule has 98 valence electrons. The molecule has 0 aromatic rings. The first-order valence-electron chi connectivity index (χ1n) is 6.48. The fourth-order valence-electron chi connectivity index (χ4n) is 2.29. The van der Waals surface area contributed by atoms with Crippen LogP contribution in [0.25, 0.3) is 0 Å². The van der Waals surface area contributed by atoms with E-state index in [-0.39, 0.29) is 11.9 Å². The predicted molar refractivity (Wildman–Crippen MR) is 63.7 cm³/mol. The molecule has 5 nitrogen and oxygen atoms in total. The van der Waals surface area contributed by atoms with Gasteiger partial charge in [-0.15, -0.1) is 0 Å². The Balaban J connectivity index is 1.57. The lowest BCUT2D eigenvalue weighted by Crippen LogP contribution is -2.49. The molecule has 0 spiro atoms. The van der Waals surface area contributed by atoms with Crippen molar-refractivity contribution in [3.05, 3.63) is 0 Å². The Labute approximate surface area is 102 Å². The Kier molecular flexibility index (Phi) is 4.36. The van der Waals surface area contributed by atoms with E-state index < -0.39 is 5.60 Å². The van der Waals surface area contributed by atoms with Gasteiger partial charge in [0.2, 0.25) is 5.91 Å². The second-order valence-corrected chi connectivity index (χ2v) is 5.14. The minimum Gasteiger partial charge on any atom is -0.389 e. The molecule has 0 aromatic heterocycles. The maximum atomic E-state index is 11.6. The molecule has 1 heterocycles.